The molecule has 0 radical (unpaired) electrons. The van der Waals surface area contributed by atoms with E-state index in [1.54, 1.807) is 0 Å². The molecule has 3 rings (SSSR count). The molecule has 0 aliphatic rings. The van der Waals surface area contributed by atoms with Crippen molar-refractivity contribution in [2.45, 2.75) is 32.6 Å². The third-order valence-electron chi connectivity index (χ3n) is 5.32. The van der Waals surface area contributed by atoms with Gasteiger partial charge in [0.15, 0.2) is 0 Å². The van der Waals surface area contributed by atoms with Crippen LogP contribution in [0.15, 0.2) is 90.5 Å². The van der Waals surface area contributed by atoms with Crippen LogP contribution in [0.25, 0.3) is 16.8 Å². The van der Waals surface area contributed by atoms with Crippen LogP contribution in [0.4, 0.5) is 8.78 Å². The number of rotatable bonds is 8. The molecule has 2 heteroatoms. The minimum absolute atomic E-state index is 0.107. The molecule has 0 aromatic heterocycles. The maximum atomic E-state index is 13.7. The van der Waals surface area contributed by atoms with Gasteiger partial charge in [0.1, 0.15) is 0 Å². The van der Waals surface area contributed by atoms with Gasteiger partial charge in [0.2, 0.25) is 0 Å². The fourth-order valence-electron chi connectivity index (χ4n) is 3.75. The summed E-state index contributed by atoms with van der Waals surface area (Å²) >= 11 is 0. The Morgan fingerprint density at radius 3 is 2.36 bits per heavy atom. The molecule has 0 amide bonds. The molecule has 0 aliphatic heterocycles. The molecular weight excluding hydrogens is 350 g/mol. The molecule has 0 spiro atoms. The Hall–Kier alpha value is -2.74. The topological polar surface area (TPSA) is 0 Å². The van der Waals surface area contributed by atoms with Crippen molar-refractivity contribution in [2.75, 3.05) is 0 Å². The van der Waals surface area contributed by atoms with E-state index in [4.69, 9.17) is 0 Å². The molecule has 0 saturated heterocycles. The van der Waals surface area contributed by atoms with Gasteiger partial charge in [-0.1, -0.05) is 91.9 Å². The standard InChI is InChI=1S/C26H26F2/c1-2-21(18-19-23-15-9-14-22-13-6-7-16-24(22)23)25(26(27)28)17-8-12-20-10-4-3-5-11-20/h3-16,21H,2,17-19H2,1H3/b12-8+. The molecule has 0 bridgehead atoms. The van der Waals surface area contributed by atoms with E-state index in [2.05, 4.69) is 24.3 Å². The van der Waals surface area contributed by atoms with Gasteiger partial charge in [0, 0.05) is 5.57 Å². The monoisotopic (exact) mass is 376 g/mol. The van der Waals surface area contributed by atoms with Crippen molar-refractivity contribution in [3.05, 3.63) is 102 Å². The van der Waals surface area contributed by atoms with E-state index in [1.807, 2.05) is 67.6 Å². The molecule has 0 aliphatic carbocycles. The van der Waals surface area contributed by atoms with Crippen molar-refractivity contribution in [3.8, 4) is 0 Å². The average Bonchev–Trinajstić information content (AvgIpc) is 2.73. The molecule has 1 unspecified atom stereocenters. The number of hydrogen-bond donors (Lipinski definition) is 0. The fraction of sp³-hybridized carbons (Fsp3) is 0.231. The highest BCUT2D eigenvalue weighted by molar-refractivity contribution is 5.85. The molecule has 0 saturated carbocycles. The van der Waals surface area contributed by atoms with Crippen molar-refractivity contribution in [3.63, 3.8) is 0 Å². The predicted octanol–water partition coefficient (Wildman–Crippen LogP) is 8.05. The van der Waals surface area contributed by atoms with E-state index >= 15 is 0 Å². The zero-order chi connectivity index (χ0) is 19.8. The highest BCUT2D eigenvalue weighted by Crippen LogP contribution is 2.30. The fourth-order valence-corrected chi connectivity index (χ4v) is 3.75. The van der Waals surface area contributed by atoms with Crippen LogP contribution < -0.4 is 0 Å². The summed E-state index contributed by atoms with van der Waals surface area (Å²) in [5.41, 5.74) is 2.54. The Morgan fingerprint density at radius 2 is 1.61 bits per heavy atom. The summed E-state index contributed by atoms with van der Waals surface area (Å²) in [5, 5.41) is 2.42. The SMILES string of the molecule is CCC(CCc1cccc2ccccc12)C(C/C=C/c1ccccc1)=C(F)F. The summed E-state index contributed by atoms with van der Waals surface area (Å²) < 4.78 is 27.4. The summed E-state index contributed by atoms with van der Waals surface area (Å²) in [5.74, 6) is -0.107. The summed E-state index contributed by atoms with van der Waals surface area (Å²) in [6.07, 6.45) is 4.80. The first-order valence-electron chi connectivity index (χ1n) is 9.91. The van der Waals surface area contributed by atoms with Crippen LogP contribution in [0.5, 0.6) is 0 Å². The van der Waals surface area contributed by atoms with Gasteiger partial charge in [-0.15, -0.1) is 0 Å². The highest BCUT2D eigenvalue weighted by atomic mass is 19.3. The van der Waals surface area contributed by atoms with Crippen LogP contribution >= 0.6 is 0 Å². The normalized spacial score (nSPS) is 12.4. The third-order valence-corrected chi connectivity index (χ3v) is 5.32. The van der Waals surface area contributed by atoms with Crippen molar-refractivity contribution < 1.29 is 8.78 Å². The van der Waals surface area contributed by atoms with Gasteiger partial charge in [-0.3, -0.25) is 0 Å². The van der Waals surface area contributed by atoms with Gasteiger partial charge in [0.25, 0.3) is 6.08 Å². The first-order chi connectivity index (χ1) is 13.7. The first-order valence-corrected chi connectivity index (χ1v) is 9.91. The van der Waals surface area contributed by atoms with E-state index in [9.17, 15) is 8.78 Å². The maximum Gasteiger partial charge on any atom is 0.270 e. The summed E-state index contributed by atoms with van der Waals surface area (Å²) in [6, 6.07) is 24.3. The lowest BCUT2D eigenvalue weighted by Gasteiger charge is -2.18. The lowest BCUT2D eigenvalue weighted by molar-refractivity contribution is 0.383. The Bertz CT molecular complexity index is 945. The third kappa shape index (κ3) is 5.16. The zero-order valence-electron chi connectivity index (χ0n) is 16.2. The molecule has 3 aromatic carbocycles. The number of aryl methyl sites for hydroxylation is 1. The van der Waals surface area contributed by atoms with E-state index in [-0.39, 0.29) is 11.5 Å². The van der Waals surface area contributed by atoms with Crippen LogP contribution in [0.1, 0.15) is 37.3 Å². The quantitative estimate of drug-likeness (QED) is 0.373. The predicted molar refractivity (Wildman–Crippen MR) is 115 cm³/mol. The largest absolute Gasteiger partial charge is 0.270 e. The van der Waals surface area contributed by atoms with E-state index in [0.29, 0.717) is 6.42 Å². The van der Waals surface area contributed by atoms with Crippen molar-refractivity contribution in [1.29, 1.82) is 0 Å². The van der Waals surface area contributed by atoms with Gasteiger partial charge in [-0.25, -0.2) is 0 Å². The van der Waals surface area contributed by atoms with Crippen molar-refractivity contribution in [1.82, 2.24) is 0 Å². The van der Waals surface area contributed by atoms with Gasteiger partial charge in [0.05, 0.1) is 0 Å². The van der Waals surface area contributed by atoms with E-state index < -0.39 is 6.08 Å². The average molecular weight is 376 g/mol. The molecule has 0 nitrogen and oxygen atoms in total. The lowest BCUT2D eigenvalue weighted by Crippen LogP contribution is -2.06. The smallest absolute Gasteiger partial charge is 0.173 e. The Morgan fingerprint density at radius 1 is 0.893 bits per heavy atom. The van der Waals surface area contributed by atoms with Crippen molar-refractivity contribution in [2.24, 2.45) is 5.92 Å². The first kappa shape index (κ1) is 20.0. The molecular formula is C26H26F2. The van der Waals surface area contributed by atoms with Gasteiger partial charge < -0.3 is 0 Å². The van der Waals surface area contributed by atoms with Gasteiger partial charge in [-0.2, -0.15) is 8.78 Å². The van der Waals surface area contributed by atoms with E-state index in [1.165, 1.54) is 16.3 Å². The highest BCUT2D eigenvalue weighted by Gasteiger charge is 2.17. The minimum atomic E-state index is -1.53. The van der Waals surface area contributed by atoms with Crippen molar-refractivity contribution >= 4 is 16.8 Å². The lowest BCUT2D eigenvalue weighted by atomic mass is 9.87. The van der Waals surface area contributed by atoms with Crippen LogP contribution in [-0.4, -0.2) is 0 Å². The van der Waals surface area contributed by atoms with Gasteiger partial charge >= 0.3 is 0 Å². The van der Waals surface area contributed by atoms with Gasteiger partial charge in [-0.05, 0) is 53.5 Å². The Kier molecular flexibility index (Phi) is 7.13. The second-order valence-corrected chi connectivity index (χ2v) is 7.08. The number of halogens is 2. The second kappa shape index (κ2) is 9.98. The molecule has 0 heterocycles. The molecule has 1 atom stereocenters. The van der Waals surface area contributed by atoms with Crippen LogP contribution in [0.2, 0.25) is 0 Å². The Labute approximate surface area is 166 Å². The molecule has 28 heavy (non-hydrogen) atoms. The molecule has 0 N–H and O–H groups in total. The van der Waals surface area contributed by atoms with E-state index in [0.717, 1.165) is 24.8 Å². The minimum Gasteiger partial charge on any atom is -0.173 e. The zero-order valence-corrected chi connectivity index (χ0v) is 16.2. The summed E-state index contributed by atoms with van der Waals surface area (Å²) in [4.78, 5) is 0. The van der Waals surface area contributed by atoms with Crippen LogP contribution in [-0.2, 0) is 6.42 Å². The summed E-state index contributed by atoms with van der Waals surface area (Å²) in [6.45, 7) is 2.00. The number of hydrogen-bond acceptors (Lipinski definition) is 0. The molecule has 144 valence electrons. The molecule has 3 aromatic rings. The Balaban J connectivity index is 1.71. The number of fused-ring (bicyclic) bond motifs is 1. The maximum absolute atomic E-state index is 13.7. The number of allylic oxidation sites excluding steroid dienone is 2. The van der Waals surface area contributed by atoms with Crippen LogP contribution in [0, 0.1) is 5.92 Å². The van der Waals surface area contributed by atoms with Crippen LogP contribution in [0.3, 0.4) is 0 Å². The second-order valence-electron chi connectivity index (χ2n) is 7.08. The molecule has 0 fully saturated rings. The number of benzene rings is 3. The summed E-state index contributed by atoms with van der Waals surface area (Å²) in [7, 11) is 0.